The van der Waals surface area contributed by atoms with Gasteiger partial charge in [0, 0.05) is 23.5 Å². The number of ether oxygens (including phenoxy) is 2. The first-order valence-electron chi connectivity index (χ1n) is 8.96. The van der Waals surface area contributed by atoms with E-state index in [1.807, 2.05) is 23.9 Å². The summed E-state index contributed by atoms with van der Waals surface area (Å²) >= 11 is 1.83. The summed E-state index contributed by atoms with van der Waals surface area (Å²) in [5, 5.41) is 0. The molecule has 0 N–H and O–H groups in total. The minimum Gasteiger partial charge on any atom is -0.454 e. The molecule has 0 saturated heterocycles. The van der Waals surface area contributed by atoms with Crippen LogP contribution in [0.15, 0.2) is 18.2 Å². The fourth-order valence-electron chi connectivity index (χ4n) is 3.35. The summed E-state index contributed by atoms with van der Waals surface area (Å²) in [7, 11) is 0. The van der Waals surface area contributed by atoms with Gasteiger partial charge in [-0.15, -0.1) is 0 Å². The Kier molecular flexibility index (Phi) is 5.61. The van der Waals surface area contributed by atoms with E-state index in [-0.39, 0.29) is 12.6 Å². The van der Waals surface area contributed by atoms with E-state index in [0.29, 0.717) is 23.5 Å². The van der Waals surface area contributed by atoms with E-state index in [4.69, 9.17) is 9.47 Å². The number of thioether (sulfide) groups is 1. The van der Waals surface area contributed by atoms with Crippen LogP contribution in [0.1, 0.15) is 50.2 Å². The lowest BCUT2D eigenvalue weighted by Gasteiger charge is -2.18. The van der Waals surface area contributed by atoms with Gasteiger partial charge >= 0.3 is 0 Å². The van der Waals surface area contributed by atoms with Crippen LogP contribution in [0.2, 0.25) is 0 Å². The summed E-state index contributed by atoms with van der Waals surface area (Å²) in [6.07, 6.45) is 0.534. The molecule has 1 aliphatic heterocycles. The lowest BCUT2D eigenvalue weighted by atomic mass is 9.90. The fraction of sp³-hybridized carbons (Fsp3) is 0.409. The molecule has 0 unspecified atom stereocenters. The molecule has 0 atom stereocenters. The highest BCUT2D eigenvalue weighted by atomic mass is 32.2. The molecule has 0 radical (unpaired) electrons. The fourth-order valence-corrected chi connectivity index (χ4v) is 4.46. The van der Waals surface area contributed by atoms with Crippen molar-refractivity contribution in [1.82, 2.24) is 0 Å². The van der Waals surface area contributed by atoms with E-state index in [9.17, 15) is 4.79 Å². The predicted octanol–water partition coefficient (Wildman–Crippen LogP) is 5.46. The van der Waals surface area contributed by atoms with Crippen molar-refractivity contribution >= 4 is 17.5 Å². The van der Waals surface area contributed by atoms with Crippen LogP contribution in [0.25, 0.3) is 0 Å². The summed E-state index contributed by atoms with van der Waals surface area (Å²) in [6, 6.07) is 5.42. The Hall–Kier alpha value is -1.94. The van der Waals surface area contributed by atoms with Crippen LogP contribution in [0.5, 0.6) is 11.5 Å². The molecule has 26 heavy (non-hydrogen) atoms. The largest absolute Gasteiger partial charge is 0.454 e. The summed E-state index contributed by atoms with van der Waals surface area (Å²) in [5.41, 5.74) is 9.07. The van der Waals surface area contributed by atoms with Gasteiger partial charge in [0.15, 0.2) is 17.3 Å². The lowest BCUT2D eigenvalue weighted by molar-refractivity contribution is 0.0989. The van der Waals surface area contributed by atoms with E-state index < -0.39 is 0 Å². The Labute approximate surface area is 160 Å². The number of fused-ring (bicyclic) bond motifs is 1. The maximum absolute atomic E-state index is 12.4. The molecule has 2 aromatic rings. The van der Waals surface area contributed by atoms with Crippen molar-refractivity contribution < 1.29 is 14.3 Å². The second-order valence-electron chi connectivity index (χ2n) is 6.90. The number of carbonyl (C=O) groups excluding carboxylic acids is 1. The SMILES string of the molecule is Cc1c(C)c(C)c(CSCCC(=O)c2ccc3c(c2)OCO3)c(C)c1C. The van der Waals surface area contributed by atoms with E-state index in [1.165, 1.54) is 33.4 Å². The molecule has 0 saturated carbocycles. The third-order valence-corrected chi connectivity index (χ3v) is 6.56. The Balaban J connectivity index is 1.59. The second kappa shape index (κ2) is 7.75. The molecule has 138 valence electrons. The van der Waals surface area contributed by atoms with Gasteiger partial charge in [-0.1, -0.05) is 0 Å². The minimum atomic E-state index is 0.153. The molecule has 1 aliphatic rings. The van der Waals surface area contributed by atoms with E-state index >= 15 is 0 Å². The van der Waals surface area contributed by atoms with Gasteiger partial charge in [0.25, 0.3) is 0 Å². The molecular formula is C22H26O3S. The van der Waals surface area contributed by atoms with Gasteiger partial charge in [-0.25, -0.2) is 0 Å². The molecule has 0 aromatic heterocycles. The van der Waals surface area contributed by atoms with Crippen molar-refractivity contribution in [1.29, 1.82) is 0 Å². The zero-order valence-electron chi connectivity index (χ0n) is 16.2. The molecular weight excluding hydrogens is 344 g/mol. The van der Waals surface area contributed by atoms with Crippen molar-refractivity contribution in [3.05, 3.63) is 57.1 Å². The lowest BCUT2D eigenvalue weighted by Crippen LogP contribution is -2.03. The molecule has 1 heterocycles. The van der Waals surface area contributed by atoms with Crippen molar-refractivity contribution in [2.75, 3.05) is 12.5 Å². The highest BCUT2D eigenvalue weighted by Gasteiger charge is 2.16. The molecule has 0 aliphatic carbocycles. The molecule has 4 heteroatoms. The molecule has 2 aromatic carbocycles. The minimum absolute atomic E-state index is 0.153. The smallest absolute Gasteiger partial charge is 0.231 e. The van der Waals surface area contributed by atoms with Crippen molar-refractivity contribution in [2.45, 2.75) is 46.8 Å². The standard InChI is InChI=1S/C22H26O3S/c1-13-14(2)16(4)19(17(5)15(13)3)11-26-9-8-20(23)18-6-7-21-22(10-18)25-12-24-21/h6-7,10H,8-9,11-12H2,1-5H3. The molecule has 3 rings (SSSR count). The maximum atomic E-state index is 12.4. The average Bonchev–Trinajstić information content (AvgIpc) is 3.11. The van der Waals surface area contributed by atoms with Crippen LogP contribution >= 0.6 is 11.8 Å². The number of Topliss-reactive ketones (excluding diaryl/α,β-unsaturated/α-hetero) is 1. The first kappa shape index (κ1) is 18.8. The Morgan fingerprint density at radius 3 is 2.23 bits per heavy atom. The quantitative estimate of drug-likeness (QED) is 0.499. The van der Waals surface area contributed by atoms with E-state index in [1.54, 1.807) is 6.07 Å². The topological polar surface area (TPSA) is 35.5 Å². The van der Waals surface area contributed by atoms with Gasteiger partial charge < -0.3 is 9.47 Å². The zero-order valence-corrected chi connectivity index (χ0v) is 17.0. The van der Waals surface area contributed by atoms with Gasteiger partial charge in [-0.05, 0) is 86.2 Å². The molecule has 0 spiro atoms. The van der Waals surface area contributed by atoms with Crippen LogP contribution in [0, 0.1) is 34.6 Å². The Morgan fingerprint density at radius 1 is 0.923 bits per heavy atom. The van der Waals surface area contributed by atoms with Gasteiger partial charge in [0.05, 0.1) is 0 Å². The number of hydrogen-bond donors (Lipinski definition) is 0. The summed E-state index contributed by atoms with van der Waals surface area (Å²) < 4.78 is 10.6. The Morgan fingerprint density at radius 2 is 1.54 bits per heavy atom. The monoisotopic (exact) mass is 370 g/mol. The summed E-state index contributed by atoms with van der Waals surface area (Å²) in [5.74, 6) is 3.31. The van der Waals surface area contributed by atoms with Crippen molar-refractivity contribution in [3.8, 4) is 11.5 Å². The average molecular weight is 371 g/mol. The second-order valence-corrected chi connectivity index (χ2v) is 8.00. The highest BCUT2D eigenvalue weighted by molar-refractivity contribution is 7.98. The number of hydrogen-bond acceptors (Lipinski definition) is 4. The third-order valence-electron chi connectivity index (χ3n) is 5.57. The van der Waals surface area contributed by atoms with Gasteiger partial charge in [0.2, 0.25) is 6.79 Å². The Bertz CT molecular complexity index is 826. The summed E-state index contributed by atoms with van der Waals surface area (Å²) in [6.45, 7) is 11.3. The molecule has 0 amide bonds. The number of rotatable bonds is 6. The number of ketones is 1. The zero-order chi connectivity index (χ0) is 18.8. The number of benzene rings is 2. The van der Waals surface area contributed by atoms with Crippen LogP contribution < -0.4 is 9.47 Å². The molecule has 0 bridgehead atoms. The van der Waals surface area contributed by atoms with Crippen molar-refractivity contribution in [2.24, 2.45) is 0 Å². The predicted molar refractivity (Wildman–Crippen MR) is 108 cm³/mol. The first-order chi connectivity index (χ1) is 12.4. The highest BCUT2D eigenvalue weighted by Crippen LogP contribution is 2.33. The van der Waals surface area contributed by atoms with Crippen LogP contribution in [0.4, 0.5) is 0 Å². The first-order valence-corrected chi connectivity index (χ1v) is 10.1. The van der Waals surface area contributed by atoms with Crippen LogP contribution in [-0.4, -0.2) is 18.3 Å². The molecule has 0 fully saturated rings. The van der Waals surface area contributed by atoms with Crippen LogP contribution in [0.3, 0.4) is 0 Å². The van der Waals surface area contributed by atoms with Gasteiger partial charge in [0.1, 0.15) is 0 Å². The van der Waals surface area contributed by atoms with Gasteiger partial charge in [-0.3, -0.25) is 4.79 Å². The van der Waals surface area contributed by atoms with Crippen molar-refractivity contribution in [3.63, 3.8) is 0 Å². The van der Waals surface area contributed by atoms with E-state index in [2.05, 4.69) is 34.6 Å². The maximum Gasteiger partial charge on any atom is 0.231 e. The molecule has 3 nitrogen and oxygen atoms in total. The third kappa shape index (κ3) is 3.61. The van der Waals surface area contributed by atoms with Crippen LogP contribution in [-0.2, 0) is 5.75 Å². The van der Waals surface area contributed by atoms with Gasteiger partial charge in [-0.2, -0.15) is 11.8 Å². The number of carbonyl (C=O) groups is 1. The normalized spacial score (nSPS) is 12.5. The van der Waals surface area contributed by atoms with E-state index in [0.717, 1.165) is 11.5 Å². The summed E-state index contributed by atoms with van der Waals surface area (Å²) in [4.78, 5) is 12.4.